The van der Waals surface area contributed by atoms with Crippen molar-refractivity contribution < 1.29 is 4.79 Å². The van der Waals surface area contributed by atoms with E-state index < -0.39 is 0 Å². The lowest BCUT2D eigenvalue weighted by molar-refractivity contribution is -0.125. The fraction of sp³-hybridized carbons (Fsp3) is 0.950. The quantitative estimate of drug-likeness (QED) is 0.537. The summed E-state index contributed by atoms with van der Waals surface area (Å²) in [6.45, 7) is 12.8. The number of hydrogen-bond donors (Lipinski definition) is 2. The van der Waals surface area contributed by atoms with Gasteiger partial charge in [0.2, 0.25) is 5.91 Å². The van der Waals surface area contributed by atoms with Crippen molar-refractivity contribution in [1.82, 2.24) is 15.5 Å². The number of rotatable bonds is 13. The Morgan fingerprint density at radius 3 is 2.46 bits per heavy atom. The van der Waals surface area contributed by atoms with Crippen LogP contribution < -0.4 is 10.6 Å². The predicted molar refractivity (Wildman–Crippen MR) is 103 cm³/mol. The molecule has 0 bridgehead atoms. The van der Waals surface area contributed by atoms with Crippen molar-refractivity contribution in [2.45, 2.75) is 85.2 Å². The third kappa shape index (κ3) is 7.10. The van der Waals surface area contributed by atoms with Crippen molar-refractivity contribution in [1.29, 1.82) is 0 Å². The third-order valence-electron chi connectivity index (χ3n) is 5.51. The summed E-state index contributed by atoms with van der Waals surface area (Å²) in [7, 11) is 0. The Hall–Kier alpha value is -0.610. The van der Waals surface area contributed by atoms with Gasteiger partial charge in [0.25, 0.3) is 0 Å². The molecule has 2 N–H and O–H groups in total. The average molecular weight is 340 g/mol. The zero-order valence-electron chi connectivity index (χ0n) is 16.6. The molecular weight excluding hydrogens is 298 g/mol. The summed E-state index contributed by atoms with van der Waals surface area (Å²) in [5.41, 5.74) is 0. The van der Waals surface area contributed by atoms with E-state index in [0.29, 0.717) is 6.17 Å². The molecule has 1 aliphatic rings. The third-order valence-corrected chi connectivity index (χ3v) is 5.51. The van der Waals surface area contributed by atoms with Gasteiger partial charge in [0.05, 0.1) is 6.17 Å². The summed E-state index contributed by atoms with van der Waals surface area (Å²) in [6, 6.07) is 0. The number of carbonyl (C=O) groups excluding carboxylic acids is 1. The van der Waals surface area contributed by atoms with E-state index in [2.05, 4.69) is 43.2 Å². The maximum atomic E-state index is 12.3. The second-order valence-corrected chi connectivity index (χ2v) is 7.28. The van der Waals surface area contributed by atoms with E-state index in [-0.39, 0.29) is 11.8 Å². The molecule has 1 amide bonds. The maximum absolute atomic E-state index is 12.3. The Bertz CT molecular complexity index is 335. The van der Waals surface area contributed by atoms with Crippen molar-refractivity contribution in [2.24, 2.45) is 11.8 Å². The Balaban J connectivity index is 2.37. The Morgan fingerprint density at radius 2 is 1.83 bits per heavy atom. The van der Waals surface area contributed by atoms with Gasteiger partial charge in [-0.15, -0.1) is 0 Å². The minimum atomic E-state index is 0.199. The highest BCUT2D eigenvalue weighted by atomic mass is 16.1. The molecule has 3 unspecified atom stereocenters. The van der Waals surface area contributed by atoms with E-state index in [4.69, 9.17) is 0 Å². The van der Waals surface area contributed by atoms with Crippen molar-refractivity contribution >= 4 is 5.91 Å². The van der Waals surface area contributed by atoms with Gasteiger partial charge >= 0.3 is 0 Å². The smallest absolute Gasteiger partial charge is 0.223 e. The first-order valence-electron chi connectivity index (χ1n) is 10.4. The van der Waals surface area contributed by atoms with E-state index in [0.717, 1.165) is 51.4 Å². The summed E-state index contributed by atoms with van der Waals surface area (Å²) in [5.74, 6) is 1.19. The highest BCUT2D eigenvalue weighted by Crippen LogP contribution is 2.22. The number of nitrogens with zero attached hydrogens (tertiary/aromatic N) is 1. The highest BCUT2D eigenvalue weighted by Gasteiger charge is 2.29. The number of amides is 1. The maximum Gasteiger partial charge on any atom is 0.223 e. The molecule has 0 spiro atoms. The van der Waals surface area contributed by atoms with Crippen LogP contribution in [0.5, 0.6) is 0 Å². The SMILES string of the molecule is CCCCC(CC)C(=O)NCCN1CCNC1C(CC)CCCC. The lowest BCUT2D eigenvalue weighted by atomic mass is 9.95. The van der Waals surface area contributed by atoms with Crippen LogP contribution in [-0.4, -0.2) is 43.2 Å². The molecule has 1 saturated heterocycles. The molecule has 1 rings (SSSR count). The van der Waals surface area contributed by atoms with Crippen molar-refractivity contribution in [3.8, 4) is 0 Å². The fourth-order valence-electron chi connectivity index (χ4n) is 3.83. The van der Waals surface area contributed by atoms with Crippen LogP contribution in [0.15, 0.2) is 0 Å². The molecule has 4 nitrogen and oxygen atoms in total. The van der Waals surface area contributed by atoms with Crippen molar-refractivity contribution in [3.63, 3.8) is 0 Å². The molecule has 0 aromatic carbocycles. The lowest BCUT2D eigenvalue weighted by Gasteiger charge is -2.31. The molecule has 3 atom stereocenters. The zero-order valence-corrected chi connectivity index (χ0v) is 16.6. The van der Waals surface area contributed by atoms with Gasteiger partial charge in [0.15, 0.2) is 0 Å². The number of hydrogen-bond acceptors (Lipinski definition) is 3. The molecule has 0 aromatic rings. The highest BCUT2D eigenvalue weighted by molar-refractivity contribution is 5.78. The normalized spacial score (nSPS) is 20.9. The summed E-state index contributed by atoms with van der Waals surface area (Å²) in [4.78, 5) is 14.9. The number of unbranched alkanes of at least 4 members (excludes halogenated alkanes) is 2. The van der Waals surface area contributed by atoms with Gasteiger partial charge in [-0.05, 0) is 25.2 Å². The lowest BCUT2D eigenvalue weighted by Crippen LogP contribution is -2.45. The molecule has 24 heavy (non-hydrogen) atoms. The van der Waals surface area contributed by atoms with Gasteiger partial charge in [0, 0.05) is 32.1 Å². The molecule has 142 valence electrons. The van der Waals surface area contributed by atoms with E-state index >= 15 is 0 Å². The average Bonchev–Trinajstić information content (AvgIpc) is 3.05. The molecule has 1 heterocycles. The van der Waals surface area contributed by atoms with Gasteiger partial charge in [0.1, 0.15) is 0 Å². The van der Waals surface area contributed by atoms with Crippen molar-refractivity contribution in [3.05, 3.63) is 0 Å². The van der Waals surface area contributed by atoms with Crippen LogP contribution in [-0.2, 0) is 4.79 Å². The van der Waals surface area contributed by atoms with Crippen LogP contribution in [0.4, 0.5) is 0 Å². The first-order valence-corrected chi connectivity index (χ1v) is 10.4. The Labute approximate surface area is 150 Å². The number of carbonyl (C=O) groups is 1. The predicted octanol–water partition coefficient (Wildman–Crippen LogP) is 3.77. The molecule has 0 aromatic heterocycles. The van der Waals surface area contributed by atoms with Crippen LogP contribution in [0.2, 0.25) is 0 Å². The molecule has 0 saturated carbocycles. The molecule has 1 fully saturated rings. The Kier molecular flexibility index (Phi) is 11.4. The molecule has 0 aliphatic carbocycles. The van der Waals surface area contributed by atoms with Crippen molar-refractivity contribution in [2.75, 3.05) is 26.2 Å². The van der Waals surface area contributed by atoms with Gasteiger partial charge in [-0.1, -0.05) is 59.8 Å². The van der Waals surface area contributed by atoms with Crippen LogP contribution in [0.3, 0.4) is 0 Å². The zero-order chi connectivity index (χ0) is 17.8. The fourth-order valence-corrected chi connectivity index (χ4v) is 3.83. The second-order valence-electron chi connectivity index (χ2n) is 7.28. The van der Waals surface area contributed by atoms with Gasteiger partial charge in [-0.25, -0.2) is 0 Å². The topological polar surface area (TPSA) is 44.4 Å². The van der Waals surface area contributed by atoms with E-state index in [1.807, 2.05) is 0 Å². The van der Waals surface area contributed by atoms with Gasteiger partial charge < -0.3 is 10.6 Å². The van der Waals surface area contributed by atoms with Crippen LogP contribution >= 0.6 is 0 Å². The van der Waals surface area contributed by atoms with Crippen LogP contribution in [0.25, 0.3) is 0 Å². The largest absolute Gasteiger partial charge is 0.355 e. The first-order chi connectivity index (χ1) is 11.7. The summed E-state index contributed by atoms with van der Waals surface area (Å²) < 4.78 is 0. The molecular formula is C20H41N3O. The van der Waals surface area contributed by atoms with Crippen LogP contribution in [0, 0.1) is 11.8 Å². The second kappa shape index (κ2) is 12.7. The Morgan fingerprint density at radius 1 is 1.12 bits per heavy atom. The van der Waals surface area contributed by atoms with E-state index in [9.17, 15) is 4.79 Å². The monoisotopic (exact) mass is 339 g/mol. The molecule has 0 radical (unpaired) electrons. The van der Waals surface area contributed by atoms with Gasteiger partial charge in [-0.3, -0.25) is 9.69 Å². The minimum absolute atomic E-state index is 0.199. The number of nitrogens with one attached hydrogen (secondary N) is 2. The summed E-state index contributed by atoms with van der Waals surface area (Å²) >= 11 is 0. The van der Waals surface area contributed by atoms with Gasteiger partial charge in [-0.2, -0.15) is 0 Å². The summed E-state index contributed by atoms with van der Waals surface area (Å²) in [5, 5.41) is 6.86. The van der Waals surface area contributed by atoms with Crippen LogP contribution in [0.1, 0.15) is 79.1 Å². The van der Waals surface area contributed by atoms with E-state index in [1.54, 1.807) is 0 Å². The molecule has 1 aliphatic heterocycles. The summed E-state index contributed by atoms with van der Waals surface area (Å²) in [6.07, 6.45) is 9.93. The first kappa shape index (κ1) is 21.4. The standard InChI is InChI=1S/C20H41N3O/c1-5-9-11-17(7-3)19-21-13-15-23(19)16-14-22-20(24)18(8-4)12-10-6-2/h17-19,21H,5-16H2,1-4H3,(H,22,24). The molecule has 4 heteroatoms. The minimum Gasteiger partial charge on any atom is -0.355 e. The van der Waals surface area contributed by atoms with E-state index in [1.165, 1.54) is 32.1 Å².